The summed E-state index contributed by atoms with van der Waals surface area (Å²) in [5.74, 6) is -1.71. The molecule has 1 fully saturated rings. The first-order valence-electron chi connectivity index (χ1n) is 4.52. The van der Waals surface area contributed by atoms with E-state index in [2.05, 4.69) is 15.9 Å². The summed E-state index contributed by atoms with van der Waals surface area (Å²) in [6.45, 7) is 0.108. The van der Waals surface area contributed by atoms with E-state index in [-0.39, 0.29) is 30.7 Å². The molecule has 0 bridgehead atoms. The van der Waals surface area contributed by atoms with E-state index >= 15 is 0 Å². The fourth-order valence-corrected chi connectivity index (χ4v) is 2.05. The highest BCUT2D eigenvalue weighted by Gasteiger charge is 2.46. The Morgan fingerprint density at radius 2 is 2.13 bits per heavy atom. The zero-order chi connectivity index (χ0) is 11.6. The topological polar surface area (TPSA) is 46.3 Å². The molecule has 88 valence electrons. The number of piperidine rings is 1. The lowest BCUT2D eigenvalue weighted by atomic mass is 9.91. The Hall–Kier alpha value is -0.300. The second kappa shape index (κ2) is 4.69. The number of nitrogens with two attached hydrogens (primary N) is 1. The van der Waals surface area contributed by atoms with Crippen LogP contribution >= 0.6 is 15.9 Å². The van der Waals surface area contributed by atoms with Crippen molar-refractivity contribution in [2.45, 2.75) is 18.6 Å². The summed E-state index contributed by atoms with van der Waals surface area (Å²) < 4.78 is 37.2. The highest BCUT2D eigenvalue weighted by atomic mass is 79.9. The minimum Gasteiger partial charge on any atom is -0.340 e. The van der Waals surface area contributed by atoms with Gasteiger partial charge in [0.05, 0.1) is 11.2 Å². The standard InChI is InChI=1S/C8H12BrF3N2O/c9-3-7(15)14-2-1-5(6(13)4-14)8(10,11)12/h5-6H,1-4,13H2. The van der Waals surface area contributed by atoms with E-state index in [1.54, 1.807) is 0 Å². The number of likely N-dealkylation sites (tertiary alicyclic amines) is 1. The SMILES string of the molecule is NC1CN(C(=O)CBr)CCC1C(F)(F)F. The second-order valence-electron chi connectivity index (χ2n) is 3.57. The van der Waals surface area contributed by atoms with Crippen LogP contribution in [0.15, 0.2) is 0 Å². The molecule has 0 aliphatic carbocycles. The molecule has 1 heterocycles. The summed E-state index contributed by atoms with van der Waals surface area (Å²) in [7, 11) is 0. The number of amides is 1. The van der Waals surface area contributed by atoms with E-state index in [1.807, 2.05) is 0 Å². The number of rotatable bonds is 1. The molecule has 2 atom stereocenters. The zero-order valence-corrected chi connectivity index (χ0v) is 9.51. The lowest BCUT2D eigenvalue weighted by Gasteiger charge is -2.37. The van der Waals surface area contributed by atoms with Gasteiger partial charge in [-0.25, -0.2) is 0 Å². The molecule has 0 aromatic carbocycles. The lowest BCUT2D eigenvalue weighted by molar-refractivity contribution is -0.190. The Labute approximate surface area is 93.9 Å². The van der Waals surface area contributed by atoms with Crippen LogP contribution in [0.5, 0.6) is 0 Å². The van der Waals surface area contributed by atoms with Crippen LogP contribution in [-0.2, 0) is 4.79 Å². The molecule has 1 rings (SSSR count). The summed E-state index contributed by atoms with van der Waals surface area (Å²) in [4.78, 5) is 12.6. The van der Waals surface area contributed by atoms with E-state index in [0.29, 0.717) is 0 Å². The monoisotopic (exact) mass is 288 g/mol. The maximum atomic E-state index is 12.4. The predicted molar refractivity (Wildman–Crippen MR) is 52.5 cm³/mol. The largest absolute Gasteiger partial charge is 0.393 e. The van der Waals surface area contributed by atoms with Gasteiger partial charge >= 0.3 is 6.18 Å². The van der Waals surface area contributed by atoms with Crippen molar-refractivity contribution in [3.8, 4) is 0 Å². The molecule has 15 heavy (non-hydrogen) atoms. The van der Waals surface area contributed by atoms with Crippen LogP contribution in [0.1, 0.15) is 6.42 Å². The Balaban J connectivity index is 2.59. The average molecular weight is 289 g/mol. The molecule has 0 spiro atoms. The normalized spacial score (nSPS) is 27.9. The Kier molecular flexibility index (Phi) is 3.99. The zero-order valence-electron chi connectivity index (χ0n) is 7.93. The number of carbonyl (C=O) groups excluding carboxylic acids is 1. The minimum absolute atomic E-state index is 0.0192. The number of hydrogen-bond acceptors (Lipinski definition) is 2. The lowest BCUT2D eigenvalue weighted by Crippen LogP contribution is -2.54. The van der Waals surface area contributed by atoms with Crippen molar-refractivity contribution >= 4 is 21.8 Å². The van der Waals surface area contributed by atoms with E-state index in [1.165, 1.54) is 4.90 Å². The van der Waals surface area contributed by atoms with E-state index < -0.39 is 18.1 Å². The molecule has 1 amide bonds. The van der Waals surface area contributed by atoms with Gasteiger partial charge in [0.1, 0.15) is 0 Å². The van der Waals surface area contributed by atoms with Crippen LogP contribution < -0.4 is 5.73 Å². The van der Waals surface area contributed by atoms with Crippen molar-refractivity contribution in [1.82, 2.24) is 4.90 Å². The van der Waals surface area contributed by atoms with Crippen molar-refractivity contribution in [3.05, 3.63) is 0 Å². The van der Waals surface area contributed by atoms with Crippen molar-refractivity contribution in [2.75, 3.05) is 18.4 Å². The van der Waals surface area contributed by atoms with Gasteiger partial charge in [0, 0.05) is 19.1 Å². The smallest absolute Gasteiger partial charge is 0.340 e. The van der Waals surface area contributed by atoms with Gasteiger partial charge in [-0.1, -0.05) is 15.9 Å². The van der Waals surface area contributed by atoms with Crippen molar-refractivity contribution in [2.24, 2.45) is 11.7 Å². The summed E-state index contributed by atoms with van der Waals surface area (Å²) in [6, 6.07) is -1.01. The maximum Gasteiger partial charge on any atom is 0.393 e. The van der Waals surface area contributed by atoms with Crippen LogP contribution in [0.25, 0.3) is 0 Å². The first-order valence-corrected chi connectivity index (χ1v) is 5.64. The number of halogens is 4. The second-order valence-corrected chi connectivity index (χ2v) is 4.13. The average Bonchev–Trinajstić information content (AvgIpc) is 2.14. The van der Waals surface area contributed by atoms with Crippen LogP contribution in [0.2, 0.25) is 0 Å². The third-order valence-electron chi connectivity index (χ3n) is 2.55. The van der Waals surface area contributed by atoms with Gasteiger partial charge in [-0.3, -0.25) is 4.79 Å². The molecule has 2 unspecified atom stereocenters. The highest BCUT2D eigenvalue weighted by molar-refractivity contribution is 9.09. The molecule has 2 N–H and O–H groups in total. The molecule has 1 saturated heterocycles. The van der Waals surface area contributed by atoms with Crippen LogP contribution in [-0.4, -0.2) is 41.4 Å². The van der Waals surface area contributed by atoms with Gasteiger partial charge in [0.15, 0.2) is 0 Å². The van der Waals surface area contributed by atoms with Gasteiger partial charge < -0.3 is 10.6 Å². The number of nitrogens with zero attached hydrogens (tertiary/aromatic N) is 1. The van der Waals surface area contributed by atoms with Crippen LogP contribution in [0.4, 0.5) is 13.2 Å². The van der Waals surface area contributed by atoms with Crippen LogP contribution in [0, 0.1) is 5.92 Å². The molecular weight excluding hydrogens is 277 g/mol. The van der Waals surface area contributed by atoms with E-state index in [4.69, 9.17) is 5.73 Å². The molecule has 1 aliphatic heterocycles. The fraction of sp³-hybridized carbons (Fsp3) is 0.875. The molecule has 0 saturated carbocycles. The Bertz CT molecular complexity index is 247. The fourth-order valence-electron chi connectivity index (χ4n) is 1.70. The quantitative estimate of drug-likeness (QED) is 0.735. The predicted octanol–water partition coefficient (Wildman–Crippen LogP) is 1.12. The molecule has 7 heteroatoms. The first kappa shape index (κ1) is 12.8. The highest BCUT2D eigenvalue weighted by Crippen LogP contribution is 2.33. The Morgan fingerprint density at radius 3 is 2.53 bits per heavy atom. The molecule has 1 aliphatic rings. The summed E-state index contributed by atoms with van der Waals surface area (Å²) in [5.41, 5.74) is 5.42. The third-order valence-corrected chi connectivity index (χ3v) is 3.03. The van der Waals surface area contributed by atoms with Gasteiger partial charge in [-0.05, 0) is 6.42 Å². The van der Waals surface area contributed by atoms with E-state index in [0.717, 1.165) is 0 Å². The Morgan fingerprint density at radius 1 is 1.53 bits per heavy atom. The molecule has 0 radical (unpaired) electrons. The van der Waals surface area contributed by atoms with Crippen molar-refractivity contribution in [3.63, 3.8) is 0 Å². The van der Waals surface area contributed by atoms with Gasteiger partial charge in [0.2, 0.25) is 5.91 Å². The van der Waals surface area contributed by atoms with Crippen LogP contribution in [0.3, 0.4) is 0 Å². The molecule has 0 aromatic heterocycles. The maximum absolute atomic E-state index is 12.4. The van der Waals surface area contributed by atoms with Gasteiger partial charge in [-0.15, -0.1) is 0 Å². The minimum atomic E-state index is -4.26. The molecule has 3 nitrogen and oxygen atoms in total. The van der Waals surface area contributed by atoms with Gasteiger partial charge in [-0.2, -0.15) is 13.2 Å². The van der Waals surface area contributed by atoms with Crippen molar-refractivity contribution in [1.29, 1.82) is 0 Å². The molecule has 0 aromatic rings. The summed E-state index contributed by atoms with van der Waals surface area (Å²) in [6.07, 6.45) is -4.37. The van der Waals surface area contributed by atoms with E-state index in [9.17, 15) is 18.0 Å². The number of carbonyl (C=O) groups is 1. The number of alkyl halides is 4. The van der Waals surface area contributed by atoms with Crippen molar-refractivity contribution < 1.29 is 18.0 Å². The molecular formula is C8H12BrF3N2O. The summed E-state index contributed by atoms with van der Waals surface area (Å²) in [5, 5.41) is 0.121. The number of hydrogen-bond donors (Lipinski definition) is 1. The first-order chi connectivity index (χ1) is 6.86. The summed E-state index contributed by atoms with van der Waals surface area (Å²) >= 11 is 2.97. The third kappa shape index (κ3) is 3.07. The van der Waals surface area contributed by atoms with Gasteiger partial charge in [0.25, 0.3) is 0 Å².